The van der Waals surface area contributed by atoms with Crippen molar-refractivity contribution in [3.8, 4) is 0 Å². The predicted octanol–water partition coefficient (Wildman–Crippen LogP) is 2.22. The van der Waals surface area contributed by atoms with E-state index in [1.807, 2.05) is 28.8 Å². The largest absolute Gasteiger partial charge is 0.346 e. The zero-order valence-corrected chi connectivity index (χ0v) is 15.4. The van der Waals surface area contributed by atoms with E-state index in [9.17, 15) is 4.79 Å². The van der Waals surface area contributed by atoms with Gasteiger partial charge in [0.05, 0.1) is 6.04 Å². The Morgan fingerprint density at radius 3 is 2.87 bits per heavy atom. The quantitative estimate of drug-likeness (QED) is 0.734. The van der Waals surface area contributed by atoms with Crippen molar-refractivity contribution < 1.29 is 4.79 Å². The van der Waals surface area contributed by atoms with Gasteiger partial charge in [0, 0.05) is 12.6 Å². The maximum atomic E-state index is 12.0. The normalized spacial score (nSPS) is 11.4. The summed E-state index contributed by atoms with van der Waals surface area (Å²) < 4.78 is 1.92. The molecule has 9 heteroatoms. The van der Waals surface area contributed by atoms with Crippen LogP contribution in [0, 0.1) is 0 Å². The fourth-order valence-corrected chi connectivity index (χ4v) is 2.60. The van der Waals surface area contributed by atoms with Gasteiger partial charge in [-0.25, -0.2) is 0 Å². The summed E-state index contributed by atoms with van der Waals surface area (Å²) in [5.41, 5.74) is 6.24. The fourth-order valence-electron chi connectivity index (χ4n) is 2.13. The molecule has 23 heavy (non-hydrogen) atoms. The Kier molecular flexibility index (Phi) is 11.0. The monoisotopic (exact) mass is 379 g/mol. The van der Waals surface area contributed by atoms with Crippen molar-refractivity contribution in [2.45, 2.75) is 25.3 Å². The summed E-state index contributed by atoms with van der Waals surface area (Å²) in [5, 5.41) is 11.4. The van der Waals surface area contributed by atoms with E-state index in [1.165, 1.54) is 0 Å². The second kappa shape index (κ2) is 11.5. The highest BCUT2D eigenvalue weighted by Gasteiger charge is 2.19. The molecule has 0 aliphatic carbocycles. The Hall–Kier alpha value is -1.02. The summed E-state index contributed by atoms with van der Waals surface area (Å²) >= 11 is 1.75. The predicted molar refractivity (Wildman–Crippen MR) is 99.7 cm³/mol. The third-order valence-corrected chi connectivity index (χ3v) is 3.85. The summed E-state index contributed by atoms with van der Waals surface area (Å²) in [4.78, 5) is 12.0. The van der Waals surface area contributed by atoms with Crippen molar-refractivity contribution in [1.82, 2.24) is 19.9 Å². The van der Waals surface area contributed by atoms with Gasteiger partial charge >= 0.3 is 0 Å². The van der Waals surface area contributed by atoms with Crippen molar-refractivity contribution >= 4 is 48.1 Å². The zero-order valence-electron chi connectivity index (χ0n) is 13.0. The number of amides is 1. The lowest BCUT2D eigenvalue weighted by atomic mass is 10.2. The number of carbonyl (C=O) groups is 1. The van der Waals surface area contributed by atoms with E-state index in [0.29, 0.717) is 19.4 Å². The van der Waals surface area contributed by atoms with Gasteiger partial charge in [-0.05, 0) is 43.5 Å². The molecule has 0 spiro atoms. The molecule has 0 aromatic carbocycles. The number of hydrogen-bond acceptors (Lipinski definition) is 5. The molecule has 0 fully saturated rings. The number of halogens is 2. The second-order valence-corrected chi connectivity index (χ2v) is 5.77. The van der Waals surface area contributed by atoms with E-state index < -0.39 is 0 Å². The van der Waals surface area contributed by atoms with Gasteiger partial charge in [-0.15, -0.1) is 35.0 Å². The molecule has 6 nitrogen and oxygen atoms in total. The smallest absolute Gasteiger partial charge is 0.220 e. The maximum Gasteiger partial charge on any atom is 0.220 e. The number of rotatable bonds is 8. The van der Waals surface area contributed by atoms with Crippen LogP contribution in [0.5, 0.6) is 0 Å². The van der Waals surface area contributed by atoms with Crippen LogP contribution < -0.4 is 11.1 Å². The first-order chi connectivity index (χ1) is 10.3. The minimum absolute atomic E-state index is 0. The zero-order chi connectivity index (χ0) is 15.1. The van der Waals surface area contributed by atoms with Gasteiger partial charge in [0.1, 0.15) is 0 Å². The van der Waals surface area contributed by atoms with Crippen LogP contribution in [0.2, 0.25) is 0 Å². The van der Waals surface area contributed by atoms with Gasteiger partial charge in [0.2, 0.25) is 5.91 Å². The van der Waals surface area contributed by atoms with Gasteiger partial charge in [-0.2, -0.15) is 11.8 Å². The average molecular weight is 380 g/mol. The molecule has 0 aliphatic rings. The fraction of sp³-hybridized carbons (Fsp3) is 0.500. The molecule has 2 heterocycles. The van der Waals surface area contributed by atoms with Crippen molar-refractivity contribution in [3.63, 3.8) is 0 Å². The molecule has 1 amide bonds. The van der Waals surface area contributed by atoms with Crippen LogP contribution in [0.25, 0.3) is 5.65 Å². The van der Waals surface area contributed by atoms with Gasteiger partial charge in [0.25, 0.3) is 0 Å². The molecule has 0 saturated carbocycles. The first-order valence-corrected chi connectivity index (χ1v) is 8.43. The molecule has 0 radical (unpaired) electrons. The molecular formula is C14H23Cl2N5OS. The van der Waals surface area contributed by atoms with Crippen LogP contribution in [0.1, 0.15) is 31.1 Å². The Morgan fingerprint density at radius 1 is 1.39 bits per heavy atom. The Bertz CT molecular complexity index is 595. The van der Waals surface area contributed by atoms with E-state index >= 15 is 0 Å². The van der Waals surface area contributed by atoms with E-state index in [-0.39, 0.29) is 36.8 Å². The molecule has 0 saturated heterocycles. The summed E-state index contributed by atoms with van der Waals surface area (Å²) in [6.45, 7) is 0.525. The molecule has 0 aliphatic heterocycles. The third-order valence-electron chi connectivity index (χ3n) is 3.21. The summed E-state index contributed by atoms with van der Waals surface area (Å²) in [6, 6.07) is 5.63. The molecular weight excluding hydrogens is 357 g/mol. The van der Waals surface area contributed by atoms with Crippen LogP contribution >= 0.6 is 36.6 Å². The van der Waals surface area contributed by atoms with Crippen LogP contribution in [0.4, 0.5) is 0 Å². The Balaban J connectivity index is 0.00000242. The number of thioether (sulfide) groups is 1. The van der Waals surface area contributed by atoms with Crippen LogP contribution in [0.15, 0.2) is 24.4 Å². The summed E-state index contributed by atoms with van der Waals surface area (Å²) in [5.74, 6) is 1.74. The molecule has 1 unspecified atom stereocenters. The minimum Gasteiger partial charge on any atom is -0.346 e. The lowest BCUT2D eigenvalue weighted by Crippen LogP contribution is -2.30. The number of nitrogens with one attached hydrogen (secondary N) is 1. The minimum atomic E-state index is -0.125. The number of carbonyl (C=O) groups excluding carboxylic acids is 1. The van der Waals surface area contributed by atoms with Crippen molar-refractivity contribution in [1.29, 1.82) is 0 Å². The highest BCUT2D eigenvalue weighted by atomic mass is 35.5. The molecule has 130 valence electrons. The first kappa shape index (κ1) is 22.0. The molecule has 0 bridgehead atoms. The lowest BCUT2D eigenvalue weighted by molar-refractivity contribution is -0.122. The highest BCUT2D eigenvalue weighted by molar-refractivity contribution is 7.98. The van der Waals surface area contributed by atoms with Gasteiger partial charge in [-0.1, -0.05) is 6.07 Å². The van der Waals surface area contributed by atoms with Crippen molar-refractivity contribution in [2.24, 2.45) is 5.73 Å². The van der Waals surface area contributed by atoms with Gasteiger partial charge in [0.15, 0.2) is 11.5 Å². The van der Waals surface area contributed by atoms with E-state index in [2.05, 4.69) is 21.8 Å². The summed E-state index contributed by atoms with van der Waals surface area (Å²) in [6.07, 6.45) is 5.94. The van der Waals surface area contributed by atoms with Crippen molar-refractivity contribution in [2.75, 3.05) is 18.6 Å². The first-order valence-electron chi connectivity index (χ1n) is 7.04. The molecule has 2 rings (SSSR count). The van der Waals surface area contributed by atoms with E-state index in [1.54, 1.807) is 11.8 Å². The number of fused-ring (bicyclic) bond motifs is 1. The third kappa shape index (κ3) is 6.18. The topological polar surface area (TPSA) is 85.3 Å². The standard InChI is InChI=1S/C14H21N5OS.2ClH/c1-21-10-7-11(16-13(20)6-4-8-15)14-18-17-12-5-2-3-9-19(12)14;;/h2-3,5,9,11H,4,6-8,10,15H2,1H3,(H,16,20);2*1H. The SMILES string of the molecule is CSCCC(NC(=O)CCCN)c1nnc2ccccn12.Cl.Cl. The molecule has 2 aromatic heterocycles. The highest BCUT2D eigenvalue weighted by Crippen LogP contribution is 2.18. The lowest BCUT2D eigenvalue weighted by Gasteiger charge is -2.17. The second-order valence-electron chi connectivity index (χ2n) is 4.78. The van der Waals surface area contributed by atoms with Gasteiger partial charge < -0.3 is 11.1 Å². The van der Waals surface area contributed by atoms with Crippen molar-refractivity contribution in [3.05, 3.63) is 30.2 Å². The number of nitrogens with two attached hydrogens (primary N) is 1. The summed E-state index contributed by atoms with van der Waals surface area (Å²) in [7, 11) is 0. The van der Waals surface area contributed by atoms with E-state index in [4.69, 9.17) is 5.73 Å². The molecule has 2 aromatic rings. The molecule has 1 atom stereocenters. The number of hydrogen-bond donors (Lipinski definition) is 2. The Labute approximate surface area is 152 Å². The number of pyridine rings is 1. The average Bonchev–Trinajstić information content (AvgIpc) is 2.93. The maximum absolute atomic E-state index is 12.0. The van der Waals surface area contributed by atoms with Crippen LogP contribution in [-0.2, 0) is 4.79 Å². The van der Waals surface area contributed by atoms with Crippen LogP contribution in [0.3, 0.4) is 0 Å². The number of nitrogens with zero attached hydrogens (tertiary/aromatic N) is 3. The Morgan fingerprint density at radius 2 is 2.17 bits per heavy atom. The number of aromatic nitrogens is 3. The van der Waals surface area contributed by atoms with Crippen LogP contribution in [-0.4, -0.2) is 39.1 Å². The molecule has 3 N–H and O–H groups in total. The van der Waals surface area contributed by atoms with E-state index in [0.717, 1.165) is 23.6 Å². The van der Waals surface area contributed by atoms with Gasteiger partial charge in [-0.3, -0.25) is 9.20 Å².